The van der Waals surface area contributed by atoms with Crippen LogP contribution in [-0.2, 0) is 0 Å². The van der Waals surface area contributed by atoms with Gasteiger partial charge >= 0.3 is 0 Å². The van der Waals surface area contributed by atoms with E-state index < -0.39 is 0 Å². The molecule has 8 heteroatoms. The van der Waals surface area contributed by atoms with Gasteiger partial charge in [0, 0.05) is 18.0 Å². The second-order valence-electron chi connectivity index (χ2n) is 6.97. The average Bonchev–Trinajstić information content (AvgIpc) is 3.32. The second kappa shape index (κ2) is 7.75. The third kappa shape index (κ3) is 4.00. The van der Waals surface area contributed by atoms with Gasteiger partial charge in [-0.25, -0.2) is 19.6 Å². The molecule has 144 valence electrons. The molecule has 0 bridgehead atoms. The Morgan fingerprint density at radius 1 is 1.11 bits per heavy atom. The lowest BCUT2D eigenvalue weighted by Gasteiger charge is -2.12. The quantitative estimate of drug-likeness (QED) is 0.732. The molecule has 0 aliphatic heterocycles. The average molecular weight is 378 g/mol. The first-order valence-electron chi connectivity index (χ1n) is 9.38. The molecule has 3 aromatic heterocycles. The molecule has 1 aliphatic rings. The van der Waals surface area contributed by atoms with Crippen molar-refractivity contribution in [2.75, 3.05) is 5.32 Å². The number of nitrogens with one attached hydrogen (secondary N) is 1. The molecule has 0 aromatic carbocycles. The van der Waals surface area contributed by atoms with Gasteiger partial charge in [0.05, 0.1) is 29.3 Å². The van der Waals surface area contributed by atoms with Crippen molar-refractivity contribution in [2.24, 2.45) is 0 Å². The van der Waals surface area contributed by atoms with Crippen LogP contribution in [0.4, 0.5) is 5.69 Å². The Kier molecular flexibility index (Phi) is 5.01. The first-order valence-corrected chi connectivity index (χ1v) is 9.38. The number of anilines is 1. The molecule has 3 heterocycles. The van der Waals surface area contributed by atoms with Gasteiger partial charge in [-0.05, 0) is 51.7 Å². The lowest BCUT2D eigenvalue weighted by molar-refractivity contribution is 0.102. The lowest BCUT2D eigenvalue weighted by atomic mass is 10.2. The summed E-state index contributed by atoms with van der Waals surface area (Å²) in [5, 5.41) is 7.12. The SMILES string of the molecule is Cc1cc(C)n(-c2ncc(NC(=O)c3ccc(OC4CCCC4)nc3)cn2)n1. The maximum Gasteiger partial charge on any atom is 0.257 e. The van der Waals surface area contributed by atoms with Crippen molar-refractivity contribution in [3.05, 3.63) is 53.7 Å². The van der Waals surface area contributed by atoms with Crippen LogP contribution < -0.4 is 10.1 Å². The third-order valence-corrected chi connectivity index (χ3v) is 4.68. The number of carbonyl (C=O) groups is 1. The van der Waals surface area contributed by atoms with Gasteiger partial charge < -0.3 is 10.1 Å². The number of rotatable bonds is 5. The number of aromatic nitrogens is 5. The van der Waals surface area contributed by atoms with E-state index in [1.807, 2.05) is 19.9 Å². The zero-order valence-electron chi connectivity index (χ0n) is 15.9. The minimum absolute atomic E-state index is 0.241. The number of hydrogen-bond acceptors (Lipinski definition) is 6. The Bertz CT molecular complexity index is 959. The Labute approximate surface area is 163 Å². The molecule has 1 fully saturated rings. The van der Waals surface area contributed by atoms with Gasteiger partial charge in [-0.2, -0.15) is 5.10 Å². The van der Waals surface area contributed by atoms with E-state index in [4.69, 9.17) is 4.74 Å². The van der Waals surface area contributed by atoms with Crippen molar-refractivity contribution in [1.82, 2.24) is 24.7 Å². The van der Waals surface area contributed by atoms with Gasteiger partial charge in [-0.1, -0.05) is 0 Å². The maximum atomic E-state index is 12.4. The second-order valence-corrected chi connectivity index (χ2v) is 6.97. The van der Waals surface area contributed by atoms with Crippen molar-refractivity contribution in [1.29, 1.82) is 0 Å². The summed E-state index contributed by atoms with van der Waals surface area (Å²) in [4.78, 5) is 25.2. The lowest BCUT2D eigenvalue weighted by Crippen LogP contribution is -2.15. The largest absolute Gasteiger partial charge is 0.474 e. The molecule has 28 heavy (non-hydrogen) atoms. The number of ether oxygens (including phenoxy) is 1. The molecular weight excluding hydrogens is 356 g/mol. The molecule has 1 amide bonds. The molecule has 1 N–H and O–H groups in total. The number of hydrogen-bond donors (Lipinski definition) is 1. The van der Waals surface area contributed by atoms with Crippen LogP contribution in [0.3, 0.4) is 0 Å². The van der Waals surface area contributed by atoms with E-state index in [1.165, 1.54) is 19.0 Å². The number of aryl methyl sites for hydroxylation is 2. The molecule has 1 saturated carbocycles. The summed E-state index contributed by atoms with van der Waals surface area (Å²) in [5.41, 5.74) is 2.79. The molecule has 0 radical (unpaired) electrons. The first-order chi connectivity index (χ1) is 13.6. The summed E-state index contributed by atoms with van der Waals surface area (Å²) in [6.45, 7) is 3.85. The van der Waals surface area contributed by atoms with Gasteiger partial charge in [0.1, 0.15) is 6.10 Å². The van der Waals surface area contributed by atoms with Crippen molar-refractivity contribution >= 4 is 11.6 Å². The van der Waals surface area contributed by atoms with Crippen LogP contribution >= 0.6 is 0 Å². The fourth-order valence-corrected chi connectivity index (χ4v) is 3.29. The normalized spacial score (nSPS) is 14.2. The van der Waals surface area contributed by atoms with Gasteiger partial charge in [0.15, 0.2) is 0 Å². The molecular formula is C20H22N6O2. The zero-order valence-corrected chi connectivity index (χ0v) is 15.9. The highest BCUT2D eigenvalue weighted by molar-refractivity contribution is 6.03. The summed E-state index contributed by atoms with van der Waals surface area (Å²) in [7, 11) is 0. The van der Waals surface area contributed by atoms with E-state index in [-0.39, 0.29) is 12.0 Å². The molecule has 0 saturated heterocycles. The smallest absolute Gasteiger partial charge is 0.257 e. The van der Waals surface area contributed by atoms with Crippen LogP contribution in [0, 0.1) is 13.8 Å². The van der Waals surface area contributed by atoms with E-state index in [2.05, 4.69) is 25.4 Å². The highest BCUT2D eigenvalue weighted by atomic mass is 16.5. The predicted molar refractivity (Wildman–Crippen MR) is 104 cm³/mol. The van der Waals surface area contributed by atoms with Crippen LogP contribution in [0.5, 0.6) is 5.88 Å². The third-order valence-electron chi connectivity index (χ3n) is 4.68. The van der Waals surface area contributed by atoms with E-state index in [0.29, 0.717) is 23.1 Å². The monoisotopic (exact) mass is 378 g/mol. The van der Waals surface area contributed by atoms with Crippen LogP contribution in [0.1, 0.15) is 47.4 Å². The van der Waals surface area contributed by atoms with Crippen molar-refractivity contribution in [3.63, 3.8) is 0 Å². The molecule has 4 rings (SSSR count). The van der Waals surface area contributed by atoms with E-state index >= 15 is 0 Å². The minimum Gasteiger partial charge on any atom is -0.474 e. The van der Waals surface area contributed by atoms with Gasteiger partial charge in [0.25, 0.3) is 11.9 Å². The molecule has 0 unspecified atom stereocenters. The van der Waals surface area contributed by atoms with Crippen LogP contribution in [0.15, 0.2) is 36.8 Å². The minimum atomic E-state index is -0.276. The maximum absolute atomic E-state index is 12.4. The van der Waals surface area contributed by atoms with Gasteiger partial charge in [0.2, 0.25) is 5.88 Å². The Morgan fingerprint density at radius 3 is 2.46 bits per heavy atom. The Hall–Kier alpha value is -3.29. The number of carbonyl (C=O) groups excluding carboxylic acids is 1. The van der Waals surface area contributed by atoms with E-state index in [9.17, 15) is 4.79 Å². The van der Waals surface area contributed by atoms with Crippen LogP contribution in [0.2, 0.25) is 0 Å². The highest BCUT2D eigenvalue weighted by Gasteiger charge is 2.17. The van der Waals surface area contributed by atoms with Gasteiger partial charge in [-0.3, -0.25) is 4.79 Å². The van der Waals surface area contributed by atoms with E-state index in [0.717, 1.165) is 24.2 Å². The van der Waals surface area contributed by atoms with Gasteiger partial charge in [-0.15, -0.1) is 0 Å². The molecule has 0 spiro atoms. The number of pyridine rings is 1. The van der Waals surface area contributed by atoms with E-state index in [1.54, 1.807) is 29.2 Å². The summed E-state index contributed by atoms with van der Waals surface area (Å²) in [5.74, 6) is 0.738. The standard InChI is InChI=1S/C20H22N6O2/c1-13-9-14(2)26(25-13)20-22-11-16(12-23-20)24-19(27)15-7-8-18(21-10-15)28-17-5-3-4-6-17/h7-12,17H,3-6H2,1-2H3,(H,24,27). The molecule has 3 aromatic rings. The number of amides is 1. The van der Waals surface area contributed by atoms with Crippen molar-refractivity contribution in [3.8, 4) is 11.8 Å². The molecule has 8 nitrogen and oxygen atoms in total. The Balaban J connectivity index is 1.39. The number of nitrogens with zero attached hydrogens (tertiary/aromatic N) is 5. The molecule has 0 atom stereocenters. The highest BCUT2D eigenvalue weighted by Crippen LogP contribution is 2.23. The summed E-state index contributed by atoms with van der Waals surface area (Å²) >= 11 is 0. The van der Waals surface area contributed by atoms with Crippen LogP contribution in [0.25, 0.3) is 5.95 Å². The summed E-state index contributed by atoms with van der Waals surface area (Å²) < 4.78 is 7.48. The van der Waals surface area contributed by atoms with Crippen LogP contribution in [-0.4, -0.2) is 36.7 Å². The zero-order chi connectivity index (χ0) is 19.5. The predicted octanol–water partition coefficient (Wildman–Crippen LogP) is 3.25. The fraction of sp³-hybridized carbons (Fsp3) is 0.350. The fourth-order valence-electron chi connectivity index (χ4n) is 3.29. The van der Waals surface area contributed by atoms with Crippen molar-refractivity contribution < 1.29 is 9.53 Å². The first kappa shape index (κ1) is 18.1. The van der Waals surface area contributed by atoms with Crippen molar-refractivity contribution in [2.45, 2.75) is 45.6 Å². The topological polar surface area (TPSA) is 94.8 Å². The summed E-state index contributed by atoms with van der Waals surface area (Å²) in [6, 6.07) is 5.39. The molecule has 1 aliphatic carbocycles. The summed E-state index contributed by atoms with van der Waals surface area (Å²) in [6.07, 6.45) is 9.41. The Morgan fingerprint density at radius 2 is 1.86 bits per heavy atom.